The second-order valence-corrected chi connectivity index (χ2v) is 11.0. The van der Waals surface area contributed by atoms with E-state index in [0.29, 0.717) is 28.2 Å². The van der Waals surface area contributed by atoms with Crippen molar-refractivity contribution in [2.24, 2.45) is 11.8 Å². The highest BCUT2D eigenvalue weighted by Crippen LogP contribution is 2.54. The molecule has 2 aromatic carbocycles. The summed E-state index contributed by atoms with van der Waals surface area (Å²) in [5.41, 5.74) is 3.04. The van der Waals surface area contributed by atoms with E-state index in [9.17, 15) is 0 Å². The summed E-state index contributed by atoms with van der Waals surface area (Å²) in [6.45, 7) is 6.11. The SMILES string of the molecule is C=CC1CCC(c2ccc3c(c2F)-c2c-3cc(C3CCC(CCCCC)CC3)c(F)c2F)CC1. The van der Waals surface area contributed by atoms with Gasteiger partial charge in [0.1, 0.15) is 5.82 Å². The molecular weight excluding hydrogens is 429 g/mol. The van der Waals surface area contributed by atoms with Gasteiger partial charge in [0, 0.05) is 11.1 Å². The molecule has 0 radical (unpaired) electrons. The summed E-state index contributed by atoms with van der Waals surface area (Å²) < 4.78 is 46.2. The maximum absolute atomic E-state index is 15.6. The lowest BCUT2D eigenvalue weighted by Crippen LogP contribution is -2.18. The van der Waals surface area contributed by atoms with Crippen LogP contribution in [0.25, 0.3) is 22.3 Å². The molecule has 0 saturated heterocycles. The van der Waals surface area contributed by atoms with Crippen LogP contribution in [0.15, 0.2) is 30.9 Å². The Morgan fingerprint density at radius 1 is 0.765 bits per heavy atom. The highest BCUT2D eigenvalue weighted by molar-refractivity contribution is 6.03. The van der Waals surface area contributed by atoms with Crippen molar-refractivity contribution in [3.05, 3.63) is 59.4 Å². The molecule has 0 amide bonds. The summed E-state index contributed by atoms with van der Waals surface area (Å²) in [5, 5.41) is 0. The fourth-order valence-electron chi connectivity index (χ4n) is 6.82. The second-order valence-electron chi connectivity index (χ2n) is 11.0. The molecule has 0 aliphatic heterocycles. The van der Waals surface area contributed by atoms with Gasteiger partial charge in [-0.15, -0.1) is 6.58 Å². The van der Waals surface area contributed by atoms with Crippen molar-refractivity contribution in [3.63, 3.8) is 0 Å². The van der Waals surface area contributed by atoms with Gasteiger partial charge in [-0.25, -0.2) is 13.2 Å². The Labute approximate surface area is 202 Å². The van der Waals surface area contributed by atoms with Crippen LogP contribution >= 0.6 is 0 Å². The number of unbranched alkanes of at least 4 members (excludes halogenated alkanes) is 2. The van der Waals surface area contributed by atoms with E-state index in [2.05, 4.69) is 13.5 Å². The second kappa shape index (κ2) is 9.91. The fourth-order valence-corrected chi connectivity index (χ4v) is 6.82. The lowest BCUT2D eigenvalue weighted by atomic mass is 9.71. The summed E-state index contributed by atoms with van der Waals surface area (Å²) in [4.78, 5) is 0. The maximum Gasteiger partial charge on any atom is 0.167 e. The van der Waals surface area contributed by atoms with Crippen LogP contribution < -0.4 is 0 Å². The van der Waals surface area contributed by atoms with E-state index in [1.54, 1.807) is 0 Å². The minimum absolute atomic E-state index is 0.0652. The van der Waals surface area contributed by atoms with E-state index in [1.165, 1.54) is 25.7 Å². The number of rotatable bonds is 7. The molecule has 182 valence electrons. The van der Waals surface area contributed by atoms with Gasteiger partial charge in [0.15, 0.2) is 11.6 Å². The van der Waals surface area contributed by atoms with Crippen LogP contribution in [0.4, 0.5) is 13.2 Å². The third kappa shape index (κ3) is 4.14. The highest BCUT2D eigenvalue weighted by atomic mass is 19.2. The van der Waals surface area contributed by atoms with Crippen molar-refractivity contribution in [2.75, 3.05) is 0 Å². The average molecular weight is 467 g/mol. The number of allylic oxidation sites excluding steroid dienone is 1. The zero-order valence-electron chi connectivity index (χ0n) is 20.4. The predicted octanol–water partition coefficient (Wildman–Crippen LogP) is 10.1. The first-order valence-electron chi connectivity index (χ1n) is 13.5. The van der Waals surface area contributed by atoms with Crippen molar-refractivity contribution in [2.45, 2.75) is 95.8 Å². The summed E-state index contributed by atoms with van der Waals surface area (Å²) in [7, 11) is 0. The van der Waals surface area contributed by atoms with Crippen molar-refractivity contribution < 1.29 is 13.2 Å². The van der Waals surface area contributed by atoms with E-state index in [-0.39, 0.29) is 23.2 Å². The molecule has 0 bridgehead atoms. The maximum atomic E-state index is 15.6. The van der Waals surface area contributed by atoms with E-state index in [4.69, 9.17) is 0 Å². The zero-order chi connectivity index (χ0) is 23.8. The Morgan fingerprint density at radius 3 is 2.09 bits per heavy atom. The molecule has 0 aromatic heterocycles. The van der Waals surface area contributed by atoms with E-state index in [0.717, 1.165) is 62.8 Å². The predicted molar refractivity (Wildman–Crippen MR) is 134 cm³/mol. The first-order valence-corrected chi connectivity index (χ1v) is 13.5. The van der Waals surface area contributed by atoms with Gasteiger partial charge in [0.25, 0.3) is 0 Å². The normalized spacial score (nSPS) is 25.9. The molecular formula is C31H37F3. The molecule has 3 heteroatoms. The lowest BCUT2D eigenvalue weighted by Gasteiger charge is -2.33. The number of benzene rings is 2. The molecule has 3 aliphatic carbocycles. The van der Waals surface area contributed by atoms with Gasteiger partial charge in [-0.2, -0.15) is 0 Å². The highest BCUT2D eigenvalue weighted by Gasteiger charge is 2.37. The zero-order valence-corrected chi connectivity index (χ0v) is 20.4. The van der Waals surface area contributed by atoms with E-state index < -0.39 is 11.6 Å². The standard InChI is InChI=1S/C31H37F3/c1-3-5-6-7-20-10-14-22(15-11-20)25-18-26-24-17-16-23(21-12-8-19(4-2)9-13-21)29(32)27(24)28(26)31(34)30(25)33/h4,16-22H,2-3,5-15H2,1H3. The Bertz CT molecular complexity index is 1050. The molecule has 0 unspecified atom stereocenters. The number of fused-ring (bicyclic) bond motifs is 4. The smallest absolute Gasteiger partial charge is 0.167 e. The number of halogens is 3. The van der Waals surface area contributed by atoms with Crippen LogP contribution in [-0.4, -0.2) is 0 Å². The lowest BCUT2D eigenvalue weighted by molar-refractivity contribution is 0.298. The Morgan fingerprint density at radius 2 is 1.41 bits per heavy atom. The number of hydrogen-bond acceptors (Lipinski definition) is 0. The van der Waals surface area contributed by atoms with Gasteiger partial charge in [-0.1, -0.05) is 50.8 Å². The Balaban J connectivity index is 1.35. The molecule has 0 spiro atoms. The van der Waals surface area contributed by atoms with Gasteiger partial charge in [-0.3, -0.25) is 0 Å². The van der Waals surface area contributed by atoms with Gasteiger partial charge in [0.2, 0.25) is 0 Å². The topological polar surface area (TPSA) is 0 Å². The molecule has 2 saturated carbocycles. The van der Waals surface area contributed by atoms with Gasteiger partial charge >= 0.3 is 0 Å². The van der Waals surface area contributed by atoms with Crippen LogP contribution in [0, 0.1) is 29.3 Å². The number of hydrogen-bond donors (Lipinski definition) is 0. The van der Waals surface area contributed by atoms with Crippen molar-refractivity contribution in [1.29, 1.82) is 0 Å². The largest absolute Gasteiger partial charge is 0.206 e. The van der Waals surface area contributed by atoms with Gasteiger partial charge < -0.3 is 0 Å². The van der Waals surface area contributed by atoms with Crippen LogP contribution in [-0.2, 0) is 0 Å². The molecule has 0 atom stereocenters. The minimum atomic E-state index is -0.850. The Hall–Kier alpha value is -2.03. The Kier molecular flexibility index (Phi) is 6.91. The first-order chi connectivity index (χ1) is 16.5. The summed E-state index contributed by atoms with van der Waals surface area (Å²) in [6.07, 6.45) is 14.9. The molecule has 0 nitrogen and oxygen atoms in total. The van der Waals surface area contributed by atoms with Crippen LogP contribution in [0.1, 0.15) is 107 Å². The van der Waals surface area contributed by atoms with Crippen molar-refractivity contribution >= 4 is 0 Å². The van der Waals surface area contributed by atoms with Crippen LogP contribution in [0.2, 0.25) is 0 Å². The van der Waals surface area contributed by atoms with Crippen molar-refractivity contribution in [1.82, 2.24) is 0 Å². The quantitative estimate of drug-likeness (QED) is 0.240. The van der Waals surface area contributed by atoms with Gasteiger partial charge in [-0.05, 0) is 103 Å². The average Bonchev–Trinajstić information content (AvgIpc) is 2.85. The van der Waals surface area contributed by atoms with Crippen LogP contribution in [0.5, 0.6) is 0 Å². The van der Waals surface area contributed by atoms with E-state index in [1.807, 2.05) is 24.3 Å². The molecule has 0 heterocycles. The summed E-state index contributed by atoms with van der Waals surface area (Å²) in [5.74, 6) is -0.516. The third-order valence-electron chi connectivity index (χ3n) is 8.99. The molecule has 0 N–H and O–H groups in total. The molecule has 2 aromatic rings. The van der Waals surface area contributed by atoms with E-state index >= 15 is 13.2 Å². The monoisotopic (exact) mass is 466 g/mol. The molecule has 5 rings (SSSR count). The first kappa shape index (κ1) is 23.7. The van der Waals surface area contributed by atoms with Gasteiger partial charge in [0.05, 0.1) is 0 Å². The molecule has 2 fully saturated rings. The summed E-state index contributed by atoms with van der Waals surface area (Å²) >= 11 is 0. The van der Waals surface area contributed by atoms with Crippen LogP contribution in [0.3, 0.4) is 0 Å². The molecule has 3 aliphatic rings. The molecule has 34 heavy (non-hydrogen) atoms. The van der Waals surface area contributed by atoms with Crippen molar-refractivity contribution in [3.8, 4) is 22.3 Å². The minimum Gasteiger partial charge on any atom is -0.206 e. The summed E-state index contributed by atoms with van der Waals surface area (Å²) in [6, 6.07) is 5.65. The third-order valence-corrected chi connectivity index (χ3v) is 8.99. The fraction of sp³-hybridized carbons (Fsp3) is 0.548.